The summed E-state index contributed by atoms with van der Waals surface area (Å²) in [4.78, 5) is 29.7. The number of hydrogen-bond acceptors (Lipinski definition) is 4. The van der Waals surface area contributed by atoms with Gasteiger partial charge in [-0.2, -0.15) is 0 Å². The van der Waals surface area contributed by atoms with Gasteiger partial charge in [-0.05, 0) is 35.4 Å². The smallest absolute Gasteiger partial charge is 0.242 e. The highest BCUT2D eigenvalue weighted by Gasteiger charge is 2.25. The van der Waals surface area contributed by atoms with Crippen molar-refractivity contribution in [2.24, 2.45) is 11.3 Å². The van der Waals surface area contributed by atoms with Crippen LogP contribution in [-0.2, 0) is 27.4 Å². The van der Waals surface area contributed by atoms with Crippen molar-refractivity contribution in [1.82, 2.24) is 9.80 Å². The third-order valence-electron chi connectivity index (χ3n) is 5.22. The number of carbonyl (C=O) groups is 2. The Kier molecular flexibility index (Phi) is 9.97. The van der Waals surface area contributed by atoms with Gasteiger partial charge in [-0.25, -0.2) is 0 Å². The van der Waals surface area contributed by atoms with E-state index in [0.29, 0.717) is 38.4 Å². The van der Waals surface area contributed by atoms with Crippen LogP contribution in [0.1, 0.15) is 51.9 Å². The molecule has 2 amide bonds. The molecule has 176 valence electrons. The number of furan rings is 1. The zero-order valence-corrected chi connectivity index (χ0v) is 20.2. The molecule has 2 aromatic rings. The molecule has 32 heavy (non-hydrogen) atoms. The van der Waals surface area contributed by atoms with Crippen molar-refractivity contribution in [3.63, 3.8) is 0 Å². The zero-order chi connectivity index (χ0) is 23.6. The Balaban J connectivity index is 2.10. The predicted octanol–water partition coefficient (Wildman–Crippen LogP) is 4.75. The van der Waals surface area contributed by atoms with Crippen molar-refractivity contribution >= 4 is 11.8 Å². The molecule has 0 radical (unpaired) electrons. The molecule has 1 aromatic heterocycles. The van der Waals surface area contributed by atoms with Crippen molar-refractivity contribution in [3.8, 4) is 0 Å². The van der Waals surface area contributed by atoms with Gasteiger partial charge in [-0.15, -0.1) is 0 Å². The fraction of sp³-hybridized carbons (Fsp3) is 0.538. The second kappa shape index (κ2) is 12.4. The van der Waals surface area contributed by atoms with E-state index < -0.39 is 0 Å². The number of nitrogens with zero attached hydrogens (tertiary/aromatic N) is 2. The van der Waals surface area contributed by atoms with Crippen LogP contribution in [0.4, 0.5) is 0 Å². The van der Waals surface area contributed by atoms with Crippen LogP contribution in [0.3, 0.4) is 0 Å². The molecule has 6 nitrogen and oxygen atoms in total. The Morgan fingerprint density at radius 2 is 1.72 bits per heavy atom. The van der Waals surface area contributed by atoms with E-state index in [2.05, 4.69) is 27.7 Å². The largest absolute Gasteiger partial charge is 0.467 e. The fourth-order valence-corrected chi connectivity index (χ4v) is 3.93. The number of methoxy groups -OCH3 is 1. The summed E-state index contributed by atoms with van der Waals surface area (Å²) in [5, 5.41) is 0. The van der Waals surface area contributed by atoms with Crippen molar-refractivity contribution in [2.45, 2.75) is 53.6 Å². The van der Waals surface area contributed by atoms with Crippen molar-refractivity contribution in [3.05, 3.63) is 60.1 Å². The van der Waals surface area contributed by atoms with E-state index in [1.54, 1.807) is 23.2 Å². The Morgan fingerprint density at radius 3 is 2.31 bits per heavy atom. The lowest BCUT2D eigenvalue weighted by atomic mass is 9.84. The molecular weight excluding hydrogens is 404 g/mol. The maximum atomic E-state index is 13.3. The summed E-state index contributed by atoms with van der Waals surface area (Å²) in [6.45, 7) is 10.2. The summed E-state index contributed by atoms with van der Waals surface area (Å²) in [6, 6.07) is 13.5. The van der Waals surface area contributed by atoms with Crippen LogP contribution in [-0.4, -0.2) is 48.4 Å². The zero-order valence-electron chi connectivity index (χ0n) is 20.2. The van der Waals surface area contributed by atoms with E-state index in [0.717, 1.165) is 12.0 Å². The predicted molar refractivity (Wildman–Crippen MR) is 126 cm³/mol. The van der Waals surface area contributed by atoms with Gasteiger partial charge in [0.1, 0.15) is 5.76 Å². The van der Waals surface area contributed by atoms with E-state index in [-0.39, 0.29) is 29.7 Å². The Labute approximate surface area is 192 Å². The third-order valence-corrected chi connectivity index (χ3v) is 5.22. The lowest BCUT2D eigenvalue weighted by Crippen LogP contribution is -2.44. The Bertz CT molecular complexity index is 812. The lowest BCUT2D eigenvalue weighted by Gasteiger charge is -2.29. The lowest BCUT2D eigenvalue weighted by molar-refractivity contribution is -0.142. The average molecular weight is 443 g/mol. The summed E-state index contributed by atoms with van der Waals surface area (Å²) in [5.74, 6) is 0.831. The molecule has 0 fully saturated rings. The number of benzene rings is 1. The molecule has 1 unspecified atom stereocenters. The minimum Gasteiger partial charge on any atom is -0.467 e. The van der Waals surface area contributed by atoms with E-state index in [1.807, 2.05) is 42.5 Å². The molecule has 1 heterocycles. The molecule has 0 spiro atoms. The van der Waals surface area contributed by atoms with Crippen molar-refractivity contribution in [1.29, 1.82) is 0 Å². The average Bonchev–Trinajstić information content (AvgIpc) is 3.22. The molecule has 0 bridgehead atoms. The van der Waals surface area contributed by atoms with Crippen LogP contribution in [0.25, 0.3) is 0 Å². The molecular formula is C26H38N2O4. The maximum Gasteiger partial charge on any atom is 0.242 e. The molecule has 0 saturated heterocycles. The molecule has 0 aliphatic carbocycles. The topological polar surface area (TPSA) is 63.0 Å². The van der Waals surface area contributed by atoms with E-state index >= 15 is 0 Å². The number of ether oxygens (including phenoxy) is 1. The molecule has 0 aliphatic rings. The van der Waals surface area contributed by atoms with Gasteiger partial charge in [0.2, 0.25) is 11.8 Å². The first kappa shape index (κ1) is 25.7. The van der Waals surface area contributed by atoms with Gasteiger partial charge in [0.25, 0.3) is 0 Å². The van der Waals surface area contributed by atoms with E-state index in [9.17, 15) is 9.59 Å². The highest BCUT2D eigenvalue weighted by atomic mass is 16.5. The second-order valence-electron chi connectivity index (χ2n) is 9.70. The Hall–Kier alpha value is -2.60. The second-order valence-corrected chi connectivity index (χ2v) is 9.70. The molecule has 6 heteroatoms. The van der Waals surface area contributed by atoms with Gasteiger partial charge in [0, 0.05) is 26.6 Å². The van der Waals surface area contributed by atoms with Crippen LogP contribution in [0.15, 0.2) is 53.1 Å². The highest BCUT2D eigenvalue weighted by molar-refractivity contribution is 5.85. The van der Waals surface area contributed by atoms with Crippen LogP contribution >= 0.6 is 0 Å². The van der Waals surface area contributed by atoms with Crippen molar-refractivity contribution in [2.75, 3.05) is 26.8 Å². The first-order valence-corrected chi connectivity index (χ1v) is 11.3. The molecule has 1 aromatic carbocycles. The van der Waals surface area contributed by atoms with Gasteiger partial charge in [0.05, 0.1) is 26.0 Å². The van der Waals surface area contributed by atoms with Crippen LogP contribution in [0, 0.1) is 11.3 Å². The minimum atomic E-state index is -0.113. The summed E-state index contributed by atoms with van der Waals surface area (Å²) in [5.41, 5.74) is 1.18. The van der Waals surface area contributed by atoms with Gasteiger partial charge >= 0.3 is 0 Å². The highest BCUT2D eigenvalue weighted by Crippen LogP contribution is 2.26. The van der Waals surface area contributed by atoms with E-state index in [1.165, 1.54) is 0 Å². The number of hydrogen-bond donors (Lipinski definition) is 0. The number of carbonyl (C=O) groups excluding carboxylic acids is 2. The molecule has 0 N–H and O–H groups in total. The van der Waals surface area contributed by atoms with Crippen LogP contribution in [0.5, 0.6) is 0 Å². The van der Waals surface area contributed by atoms with E-state index in [4.69, 9.17) is 9.15 Å². The standard InChI is InChI=1S/C26H38N2O4/c1-21(17-26(2,3)4)16-24(29)27(13-15-31-5)20-25(30)28(19-23-12-9-14-32-23)18-22-10-7-6-8-11-22/h6-12,14,21H,13,15-20H2,1-5H3. The summed E-state index contributed by atoms with van der Waals surface area (Å²) < 4.78 is 10.7. The van der Waals surface area contributed by atoms with Crippen molar-refractivity contribution < 1.29 is 18.7 Å². The number of rotatable bonds is 12. The van der Waals surface area contributed by atoms with Gasteiger partial charge in [0.15, 0.2) is 0 Å². The van der Waals surface area contributed by atoms with Gasteiger partial charge in [-0.3, -0.25) is 9.59 Å². The molecule has 0 saturated carbocycles. The maximum absolute atomic E-state index is 13.3. The van der Waals surface area contributed by atoms with Crippen LogP contribution in [0.2, 0.25) is 0 Å². The SMILES string of the molecule is COCCN(CC(=O)N(Cc1ccccc1)Cc1ccco1)C(=O)CC(C)CC(C)(C)C. The number of amides is 2. The Morgan fingerprint density at radius 1 is 1.00 bits per heavy atom. The summed E-state index contributed by atoms with van der Waals surface area (Å²) in [6.07, 6.45) is 2.97. The molecule has 1 atom stereocenters. The first-order valence-electron chi connectivity index (χ1n) is 11.3. The van der Waals surface area contributed by atoms with Gasteiger partial charge in [-0.1, -0.05) is 58.0 Å². The van der Waals surface area contributed by atoms with Gasteiger partial charge < -0.3 is 19.0 Å². The minimum absolute atomic E-state index is 0.00944. The quantitative estimate of drug-likeness (QED) is 0.476. The normalized spacial score (nSPS) is 12.4. The molecule has 2 rings (SSSR count). The fourth-order valence-electron chi connectivity index (χ4n) is 3.93. The van der Waals surface area contributed by atoms with Crippen LogP contribution < -0.4 is 0 Å². The molecule has 0 aliphatic heterocycles. The third kappa shape index (κ3) is 9.27. The summed E-state index contributed by atoms with van der Waals surface area (Å²) >= 11 is 0. The first-order chi connectivity index (χ1) is 15.2. The summed E-state index contributed by atoms with van der Waals surface area (Å²) in [7, 11) is 1.60. The monoisotopic (exact) mass is 442 g/mol.